The first kappa shape index (κ1) is 23.6. The number of fused-ring (bicyclic) bond motifs is 1. The first-order chi connectivity index (χ1) is 16.6. The van der Waals surface area contributed by atoms with Crippen LogP contribution in [0.4, 0.5) is 0 Å². The molecule has 0 unspecified atom stereocenters. The maximum Gasteiger partial charge on any atom is 0.156 e. The molecule has 3 atom stereocenters. The third-order valence-corrected chi connectivity index (χ3v) is 5.27. The number of nitrogens with zero attached hydrogens (tertiary/aromatic N) is 1. The topological polar surface area (TPSA) is 112 Å². The van der Waals surface area contributed by atoms with Gasteiger partial charge in [-0.05, 0) is 48.0 Å². The van der Waals surface area contributed by atoms with Gasteiger partial charge in [-0.1, -0.05) is 17.3 Å². The van der Waals surface area contributed by atoms with Crippen molar-refractivity contribution in [3.63, 3.8) is 0 Å². The van der Waals surface area contributed by atoms with Crippen LogP contribution in [0.15, 0.2) is 70.4 Å². The highest BCUT2D eigenvalue weighted by molar-refractivity contribution is 6.07. The molecule has 0 fully saturated rings. The maximum absolute atomic E-state index is 11.2. The molecule has 1 aromatic heterocycles. The van der Waals surface area contributed by atoms with E-state index in [1.165, 1.54) is 0 Å². The Morgan fingerprint density at radius 2 is 1.82 bits per heavy atom. The molecule has 180 valence electrons. The van der Waals surface area contributed by atoms with Crippen LogP contribution in [0.3, 0.4) is 0 Å². The summed E-state index contributed by atoms with van der Waals surface area (Å²) in [5, 5.41) is 25.5. The lowest BCUT2D eigenvalue weighted by molar-refractivity contribution is -0.0265. The normalized spacial score (nSPS) is 19.2. The minimum atomic E-state index is -1.14. The van der Waals surface area contributed by atoms with Gasteiger partial charge < -0.3 is 38.4 Å². The molecule has 0 bridgehead atoms. The van der Waals surface area contributed by atoms with Crippen LogP contribution in [0.25, 0.3) is 0 Å². The summed E-state index contributed by atoms with van der Waals surface area (Å²) in [6.45, 7) is 0.149. The van der Waals surface area contributed by atoms with Crippen molar-refractivity contribution in [3.05, 3.63) is 77.7 Å². The van der Waals surface area contributed by atoms with Crippen LogP contribution in [0, 0.1) is 0 Å². The van der Waals surface area contributed by atoms with E-state index in [9.17, 15) is 10.2 Å². The number of oxime groups is 1. The summed E-state index contributed by atoms with van der Waals surface area (Å²) in [4.78, 5) is 5.41. The van der Waals surface area contributed by atoms with Crippen LogP contribution in [-0.2, 0) is 16.2 Å². The molecular weight excluding hydrogens is 442 g/mol. The van der Waals surface area contributed by atoms with Crippen LogP contribution in [0.5, 0.6) is 17.2 Å². The van der Waals surface area contributed by atoms with E-state index >= 15 is 0 Å². The second-order valence-electron chi connectivity index (χ2n) is 7.64. The molecule has 9 nitrogen and oxygen atoms in total. The van der Waals surface area contributed by atoms with Gasteiger partial charge in [0.2, 0.25) is 0 Å². The highest BCUT2D eigenvalue weighted by Crippen LogP contribution is 2.38. The second kappa shape index (κ2) is 11.1. The Labute approximate surface area is 197 Å². The highest BCUT2D eigenvalue weighted by atomic mass is 16.6. The Hall–Kier alpha value is -3.53. The average molecular weight is 469 g/mol. The molecule has 0 saturated carbocycles. The van der Waals surface area contributed by atoms with Gasteiger partial charge in [0.1, 0.15) is 54.1 Å². The largest absolute Gasteiger partial charge is 0.497 e. The van der Waals surface area contributed by atoms with Crippen molar-refractivity contribution in [2.75, 3.05) is 27.4 Å². The Bertz CT molecular complexity index is 1100. The molecule has 0 amide bonds. The zero-order chi connectivity index (χ0) is 23.9. The fourth-order valence-electron chi connectivity index (χ4n) is 3.55. The van der Waals surface area contributed by atoms with Crippen LogP contribution in [0.1, 0.15) is 23.0 Å². The lowest BCUT2D eigenvalue weighted by atomic mass is 9.92. The lowest BCUT2D eigenvalue weighted by Crippen LogP contribution is -2.37. The first-order valence-corrected chi connectivity index (χ1v) is 10.7. The van der Waals surface area contributed by atoms with Gasteiger partial charge in [0, 0.05) is 5.56 Å². The van der Waals surface area contributed by atoms with E-state index in [0.29, 0.717) is 34.1 Å². The third kappa shape index (κ3) is 5.51. The SMILES string of the molecule is COc1cccc([C@H]2Oc3ccc(OC)cc3C(=NOC[C@@H](O)COCc3ccco3)[C@H]2O)c1. The number of hydrogen-bond acceptors (Lipinski definition) is 9. The molecule has 0 spiro atoms. The number of ether oxygens (including phenoxy) is 4. The van der Waals surface area contributed by atoms with Crippen molar-refractivity contribution in [2.24, 2.45) is 5.16 Å². The summed E-state index contributed by atoms with van der Waals surface area (Å²) >= 11 is 0. The first-order valence-electron chi connectivity index (χ1n) is 10.7. The van der Waals surface area contributed by atoms with Crippen molar-refractivity contribution >= 4 is 5.71 Å². The Balaban J connectivity index is 1.49. The van der Waals surface area contributed by atoms with Crippen molar-refractivity contribution < 1.29 is 38.4 Å². The smallest absolute Gasteiger partial charge is 0.156 e. The van der Waals surface area contributed by atoms with E-state index in [0.717, 1.165) is 0 Å². The Morgan fingerprint density at radius 1 is 1.00 bits per heavy atom. The van der Waals surface area contributed by atoms with Crippen molar-refractivity contribution in [3.8, 4) is 17.2 Å². The number of furan rings is 1. The van der Waals surface area contributed by atoms with Crippen LogP contribution < -0.4 is 14.2 Å². The predicted octanol–water partition coefficient (Wildman–Crippen LogP) is 3.09. The van der Waals surface area contributed by atoms with Crippen molar-refractivity contribution in [2.45, 2.75) is 24.9 Å². The van der Waals surface area contributed by atoms with Gasteiger partial charge in [0.15, 0.2) is 6.10 Å². The van der Waals surface area contributed by atoms with E-state index < -0.39 is 18.3 Å². The minimum Gasteiger partial charge on any atom is -0.497 e. The zero-order valence-electron chi connectivity index (χ0n) is 18.9. The van der Waals surface area contributed by atoms with Gasteiger partial charge in [0.05, 0.1) is 27.1 Å². The van der Waals surface area contributed by atoms with Crippen molar-refractivity contribution in [1.29, 1.82) is 0 Å². The summed E-state index contributed by atoms with van der Waals surface area (Å²) in [5.74, 6) is 2.39. The monoisotopic (exact) mass is 469 g/mol. The number of aliphatic hydroxyl groups is 2. The lowest BCUT2D eigenvalue weighted by Gasteiger charge is -2.32. The zero-order valence-corrected chi connectivity index (χ0v) is 18.9. The number of benzene rings is 2. The van der Waals surface area contributed by atoms with Gasteiger partial charge in [-0.2, -0.15) is 0 Å². The number of aliphatic hydroxyl groups excluding tert-OH is 2. The maximum atomic E-state index is 11.2. The second-order valence-corrected chi connectivity index (χ2v) is 7.64. The summed E-state index contributed by atoms with van der Waals surface area (Å²) in [7, 11) is 3.12. The van der Waals surface area contributed by atoms with Gasteiger partial charge in [-0.15, -0.1) is 0 Å². The summed E-state index contributed by atoms with van der Waals surface area (Å²) < 4.78 is 27.3. The number of methoxy groups -OCH3 is 2. The van der Waals surface area contributed by atoms with Crippen LogP contribution in [0.2, 0.25) is 0 Å². The van der Waals surface area contributed by atoms with Crippen LogP contribution in [-0.4, -0.2) is 55.6 Å². The van der Waals surface area contributed by atoms with Gasteiger partial charge >= 0.3 is 0 Å². The predicted molar refractivity (Wildman–Crippen MR) is 122 cm³/mol. The molecule has 0 saturated heterocycles. The van der Waals surface area contributed by atoms with Crippen LogP contribution >= 0.6 is 0 Å². The summed E-state index contributed by atoms with van der Waals surface area (Å²) in [5.41, 5.74) is 1.51. The van der Waals surface area contributed by atoms with Gasteiger partial charge in [0.25, 0.3) is 0 Å². The van der Waals surface area contributed by atoms with E-state index in [-0.39, 0.29) is 25.5 Å². The molecule has 1 aliphatic rings. The quantitative estimate of drug-likeness (QED) is 0.436. The van der Waals surface area contributed by atoms with Crippen molar-refractivity contribution in [1.82, 2.24) is 0 Å². The summed E-state index contributed by atoms with van der Waals surface area (Å²) in [6.07, 6.45) is -1.24. The molecule has 2 heterocycles. The molecule has 0 aliphatic carbocycles. The number of hydrogen-bond donors (Lipinski definition) is 2. The fraction of sp³-hybridized carbons (Fsp3) is 0.320. The molecule has 0 radical (unpaired) electrons. The average Bonchev–Trinajstić information content (AvgIpc) is 3.38. The standard InChI is InChI=1S/C25H27NO8/c1-29-18-6-3-5-16(11-18)25-24(28)23(21-12-19(30-2)8-9-22(21)34-25)26-33-14-17(27)13-31-15-20-7-4-10-32-20/h3-12,17,24-25,27-28H,13-15H2,1-2H3/t17-,24+,25+/m0/s1. The molecule has 4 rings (SSSR count). The molecular formula is C25H27NO8. The van der Waals surface area contributed by atoms with E-state index in [4.69, 9.17) is 28.2 Å². The minimum absolute atomic E-state index is 0.0358. The number of rotatable bonds is 10. The Kier molecular flexibility index (Phi) is 7.69. The highest BCUT2D eigenvalue weighted by Gasteiger charge is 2.36. The third-order valence-electron chi connectivity index (χ3n) is 5.27. The van der Waals surface area contributed by atoms with E-state index in [1.54, 1.807) is 56.9 Å². The molecule has 9 heteroatoms. The molecule has 2 aromatic carbocycles. The van der Waals surface area contributed by atoms with E-state index in [1.807, 2.05) is 18.2 Å². The van der Waals surface area contributed by atoms with Gasteiger partial charge in [-0.3, -0.25) is 0 Å². The van der Waals surface area contributed by atoms with E-state index in [2.05, 4.69) is 5.16 Å². The fourth-order valence-corrected chi connectivity index (χ4v) is 3.55. The summed E-state index contributed by atoms with van der Waals surface area (Å²) in [6, 6.07) is 16.0. The van der Waals surface area contributed by atoms with Gasteiger partial charge in [-0.25, -0.2) is 0 Å². The molecule has 2 N–H and O–H groups in total. The Morgan fingerprint density at radius 3 is 2.59 bits per heavy atom. The molecule has 34 heavy (non-hydrogen) atoms. The molecule has 3 aromatic rings. The molecule has 1 aliphatic heterocycles.